The highest BCUT2D eigenvalue weighted by atomic mass is 79.9. The summed E-state index contributed by atoms with van der Waals surface area (Å²) < 4.78 is 34.1. The zero-order valence-corrected chi connectivity index (χ0v) is 10.2. The first-order valence-corrected chi connectivity index (χ1v) is 5.11. The lowest BCUT2D eigenvalue weighted by molar-refractivity contribution is -0.0499. The van der Waals surface area contributed by atoms with Crippen molar-refractivity contribution in [2.75, 3.05) is 7.11 Å². The molecule has 0 aromatic heterocycles. The number of ether oxygens (including phenoxy) is 2. The van der Waals surface area contributed by atoms with Crippen molar-refractivity contribution in [3.63, 3.8) is 0 Å². The summed E-state index contributed by atoms with van der Waals surface area (Å²) in [6.07, 6.45) is 0. The van der Waals surface area contributed by atoms with Gasteiger partial charge < -0.3 is 9.47 Å². The van der Waals surface area contributed by atoms with Crippen molar-refractivity contribution < 1.29 is 18.3 Å². The monoisotopic (exact) mass is 330 g/mol. The molecule has 0 N–H and O–H groups in total. The van der Waals surface area contributed by atoms with E-state index in [2.05, 4.69) is 36.6 Å². The van der Waals surface area contributed by atoms with Gasteiger partial charge in [-0.2, -0.15) is 8.78 Å². The smallest absolute Gasteiger partial charge is 0.387 e. The molecule has 0 heterocycles. The van der Waals surface area contributed by atoms with Crippen molar-refractivity contribution in [1.82, 2.24) is 0 Å². The van der Waals surface area contributed by atoms with E-state index in [1.165, 1.54) is 19.2 Å². The van der Waals surface area contributed by atoms with Gasteiger partial charge in [-0.1, -0.05) is 0 Å². The molecule has 0 saturated heterocycles. The van der Waals surface area contributed by atoms with E-state index in [0.29, 0.717) is 14.7 Å². The molecule has 78 valence electrons. The zero-order valence-electron chi connectivity index (χ0n) is 7.06. The van der Waals surface area contributed by atoms with E-state index in [1.807, 2.05) is 0 Å². The van der Waals surface area contributed by atoms with Crippen LogP contribution in [0, 0.1) is 0 Å². The number of hydrogen-bond acceptors (Lipinski definition) is 2. The Kier molecular flexibility index (Phi) is 4.12. The first kappa shape index (κ1) is 11.7. The van der Waals surface area contributed by atoms with E-state index in [-0.39, 0.29) is 5.75 Å². The number of methoxy groups -OCH3 is 1. The highest BCUT2D eigenvalue weighted by molar-refractivity contribution is 9.11. The first-order chi connectivity index (χ1) is 6.54. The molecule has 0 saturated carbocycles. The Labute approximate surface area is 96.5 Å². The van der Waals surface area contributed by atoms with Gasteiger partial charge in [-0.25, -0.2) is 0 Å². The third kappa shape index (κ3) is 2.81. The van der Waals surface area contributed by atoms with Crippen molar-refractivity contribution in [3.05, 3.63) is 21.1 Å². The van der Waals surface area contributed by atoms with E-state index in [4.69, 9.17) is 4.74 Å². The van der Waals surface area contributed by atoms with Crippen LogP contribution in [0.15, 0.2) is 21.1 Å². The number of hydrogen-bond donors (Lipinski definition) is 0. The molecule has 0 amide bonds. The van der Waals surface area contributed by atoms with E-state index in [1.54, 1.807) is 0 Å². The summed E-state index contributed by atoms with van der Waals surface area (Å²) >= 11 is 6.34. The van der Waals surface area contributed by atoms with Crippen molar-refractivity contribution in [2.45, 2.75) is 6.61 Å². The third-order valence-corrected chi connectivity index (χ3v) is 2.58. The van der Waals surface area contributed by atoms with Crippen LogP contribution in [0.3, 0.4) is 0 Å². The summed E-state index contributed by atoms with van der Waals surface area (Å²) in [5.74, 6) is 0.603. The van der Waals surface area contributed by atoms with Gasteiger partial charge >= 0.3 is 6.61 Å². The van der Waals surface area contributed by atoms with Crippen LogP contribution in [0.1, 0.15) is 0 Å². The summed E-state index contributed by atoms with van der Waals surface area (Å²) in [5.41, 5.74) is 0. The van der Waals surface area contributed by atoms with Crippen LogP contribution in [0.2, 0.25) is 0 Å². The fourth-order valence-electron chi connectivity index (χ4n) is 0.903. The van der Waals surface area contributed by atoms with E-state index < -0.39 is 6.61 Å². The molecule has 0 unspecified atom stereocenters. The largest absolute Gasteiger partial charge is 0.494 e. The van der Waals surface area contributed by atoms with Crippen LogP contribution in [0.5, 0.6) is 11.5 Å². The molecule has 1 rings (SSSR count). The molecule has 0 radical (unpaired) electrons. The fraction of sp³-hybridized carbons (Fsp3) is 0.250. The van der Waals surface area contributed by atoms with Crippen LogP contribution in [0.4, 0.5) is 8.78 Å². The molecule has 0 bridgehead atoms. The molecule has 0 aliphatic carbocycles. The van der Waals surface area contributed by atoms with Gasteiger partial charge in [0.2, 0.25) is 0 Å². The van der Waals surface area contributed by atoms with Gasteiger partial charge in [0, 0.05) is 0 Å². The lowest BCUT2D eigenvalue weighted by Gasteiger charge is -2.09. The molecule has 0 aliphatic heterocycles. The minimum atomic E-state index is -2.83. The standard InChI is InChI=1S/C8H6Br2F2O2/c1-13-7-5(9)2-4(3-6(7)10)14-8(11)12/h2-3,8H,1H3. The quantitative estimate of drug-likeness (QED) is 0.838. The second-order valence-corrected chi connectivity index (χ2v) is 4.01. The lowest BCUT2D eigenvalue weighted by atomic mass is 10.3. The molecule has 0 spiro atoms. The maximum Gasteiger partial charge on any atom is 0.387 e. The average Bonchev–Trinajstić information content (AvgIpc) is 2.01. The minimum absolute atomic E-state index is 0.0690. The molecular formula is C8H6Br2F2O2. The highest BCUT2D eigenvalue weighted by Gasteiger charge is 2.11. The van der Waals surface area contributed by atoms with Crippen molar-refractivity contribution in [1.29, 1.82) is 0 Å². The lowest BCUT2D eigenvalue weighted by Crippen LogP contribution is -2.02. The maximum absolute atomic E-state index is 11.9. The Hall–Kier alpha value is -0.360. The molecule has 1 aromatic carbocycles. The van der Waals surface area contributed by atoms with Crippen molar-refractivity contribution in [2.24, 2.45) is 0 Å². The second kappa shape index (κ2) is 4.93. The van der Waals surface area contributed by atoms with Gasteiger partial charge in [0.15, 0.2) is 0 Å². The fourth-order valence-corrected chi connectivity index (χ4v) is 2.37. The van der Waals surface area contributed by atoms with Gasteiger partial charge in [-0.05, 0) is 44.0 Å². The Morgan fingerprint density at radius 3 is 2.07 bits per heavy atom. The first-order valence-electron chi connectivity index (χ1n) is 3.52. The van der Waals surface area contributed by atoms with Crippen LogP contribution >= 0.6 is 31.9 Å². The van der Waals surface area contributed by atoms with Crippen molar-refractivity contribution in [3.8, 4) is 11.5 Å². The van der Waals surface area contributed by atoms with Gasteiger partial charge in [0.1, 0.15) is 11.5 Å². The van der Waals surface area contributed by atoms with Crippen molar-refractivity contribution >= 4 is 31.9 Å². The van der Waals surface area contributed by atoms with Crippen LogP contribution in [0.25, 0.3) is 0 Å². The van der Waals surface area contributed by atoms with Crippen LogP contribution in [-0.4, -0.2) is 13.7 Å². The molecule has 1 aromatic rings. The Balaban J connectivity index is 3.01. The Morgan fingerprint density at radius 2 is 1.71 bits per heavy atom. The average molecular weight is 332 g/mol. The van der Waals surface area contributed by atoms with Gasteiger partial charge in [0.05, 0.1) is 16.1 Å². The molecule has 6 heteroatoms. The predicted octanol–water partition coefficient (Wildman–Crippen LogP) is 3.82. The number of rotatable bonds is 3. The molecular weight excluding hydrogens is 326 g/mol. The van der Waals surface area contributed by atoms with E-state index in [9.17, 15) is 8.78 Å². The summed E-state index contributed by atoms with van der Waals surface area (Å²) in [7, 11) is 1.48. The Bertz CT molecular complexity index is 308. The topological polar surface area (TPSA) is 18.5 Å². The SMILES string of the molecule is COc1c(Br)cc(OC(F)F)cc1Br. The number of benzene rings is 1. The van der Waals surface area contributed by atoms with E-state index >= 15 is 0 Å². The summed E-state index contributed by atoms with van der Waals surface area (Å²) in [5, 5.41) is 0. The normalized spacial score (nSPS) is 10.4. The van der Waals surface area contributed by atoms with Crippen LogP contribution in [-0.2, 0) is 0 Å². The molecule has 14 heavy (non-hydrogen) atoms. The van der Waals surface area contributed by atoms with Gasteiger partial charge in [-0.3, -0.25) is 0 Å². The minimum Gasteiger partial charge on any atom is -0.494 e. The third-order valence-electron chi connectivity index (χ3n) is 1.40. The molecule has 2 nitrogen and oxygen atoms in total. The number of halogens is 4. The highest BCUT2D eigenvalue weighted by Crippen LogP contribution is 2.37. The van der Waals surface area contributed by atoms with E-state index in [0.717, 1.165) is 0 Å². The summed E-state index contributed by atoms with van der Waals surface area (Å²) in [6, 6.07) is 2.82. The van der Waals surface area contributed by atoms with Gasteiger partial charge in [0.25, 0.3) is 0 Å². The van der Waals surface area contributed by atoms with Crippen LogP contribution < -0.4 is 9.47 Å². The van der Waals surface area contributed by atoms with Gasteiger partial charge in [-0.15, -0.1) is 0 Å². The summed E-state index contributed by atoms with van der Waals surface area (Å²) in [6.45, 7) is -2.83. The maximum atomic E-state index is 11.9. The number of alkyl halides is 2. The molecule has 0 fully saturated rings. The Morgan fingerprint density at radius 1 is 1.21 bits per heavy atom. The molecule has 0 atom stereocenters. The second-order valence-electron chi connectivity index (χ2n) is 2.30. The predicted molar refractivity (Wildman–Crippen MR) is 55.0 cm³/mol. The zero-order chi connectivity index (χ0) is 10.7. The molecule has 0 aliphatic rings. The summed E-state index contributed by atoms with van der Waals surface area (Å²) in [4.78, 5) is 0.